The average molecular weight is 332 g/mol. The van der Waals surface area contributed by atoms with Gasteiger partial charge in [-0.2, -0.15) is 5.10 Å². The lowest BCUT2D eigenvalue weighted by molar-refractivity contribution is -0.0284. The van der Waals surface area contributed by atoms with Crippen molar-refractivity contribution in [1.29, 1.82) is 0 Å². The number of aromatic nitrogens is 5. The number of aromatic amines is 1. The molecule has 0 spiro atoms. The van der Waals surface area contributed by atoms with Crippen molar-refractivity contribution < 1.29 is 9.53 Å². The molecule has 3 rings (SSSR count). The number of morpholine rings is 1. The molecule has 0 radical (unpaired) electrons. The van der Waals surface area contributed by atoms with Gasteiger partial charge in [-0.3, -0.25) is 9.89 Å². The van der Waals surface area contributed by atoms with Crippen LogP contribution in [0.25, 0.3) is 0 Å². The van der Waals surface area contributed by atoms with Gasteiger partial charge in [0.25, 0.3) is 5.91 Å². The van der Waals surface area contributed by atoms with Crippen molar-refractivity contribution in [2.24, 2.45) is 0 Å². The first-order valence-electron chi connectivity index (χ1n) is 8.36. The van der Waals surface area contributed by atoms with Crippen LogP contribution in [-0.4, -0.2) is 55.5 Å². The Morgan fingerprint density at radius 2 is 2.29 bits per heavy atom. The van der Waals surface area contributed by atoms with Crippen LogP contribution in [-0.2, 0) is 11.3 Å². The van der Waals surface area contributed by atoms with Crippen molar-refractivity contribution in [1.82, 2.24) is 29.9 Å². The quantitative estimate of drug-likeness (QED) is 0.920. The van der Waals surface area contributed by atoms with Gasteiger partial charge >= 0.3 is 0 Å². The molecular formula is C16H24N6O2. The van der Waals surface area contributed by atoms with E-state index in [-0.39, 0.29) is 17.9 Å². The summed E-state index contributed by atoms with van der Waals surface area (Å²) < 4.78 is 7.78. The van der Waals surface area contributed by atoms with Crippen LogP contribution in [0.4, 0.5) is 0 Å². The molecule has 8 heteroatoms. The molecule has 8 nitrogen and oxygen atoms in total. The first-order chi connectivity index (χ1) is 11.5. The van der Waals surface area contributed by atoms with Crippen LogP contribution in [0, 0.1) is 6.92 Å². The van der Waals surface area contributed by atoms with Crippen LogP contribution in [0.15, 0.2) is 6.33 Å². The van der Waals surface area contributed by atoms with Gasteiger partial charge in [-0.1, -0.05) is 13.8 Å². The fourth-order valence-electron chi connectivity index (χ4n) is 3.04. The third kappa shape index (κ3) is 2.93. The third-order valence-electron chi connectivity index (χ3n) is 4.36. The van der Waals surface area contributed by atoms with E-state index in [0.717, 1.165) is 23.8 Å². The zero-order valence-electron chi connectivity index (χ0n) is 14.6. The minimum atomic E-state index is -0.250. The maximum Gasteiger partial charge on any atom is 0.257 e. The van der Waals surface area contributed by atoms with Crippen LogP contribution in [0.3, 0.4) is 0 Å². The van der Waals surface area contributed by atoms with Crippen LogP contribution < -0.4 is 0 Å². The highest BCUT2D eigenvalue weighted by Crippen LogP contribution is 2.25. The van der Waals surface area contributed by atoms with Gasteiger partial charge in [0, 0.05) is 18.8 Å². The lowest BCUT2D eigenvalue weighted by atomic mass is 10.0. The largest absolute Gasteiger partial charge is 0.366 e. The number of amides is 1. The van der Waals surface area contributed by atoms with Crippen LogP contribution >= 0.6 is 0 Å². The molecule has 1 atom stereocenters. The summed E-state index contributed by atoms with van der Waals surface area (Å²) in [6.07, 6.45) is 1.44. The molecule has 2 aromatic rings. The van der Waals surface area contributed by atoms with Crippen molar-refractivity contribution in [2.75, 3.05) is 19.7 Å². The Morgan fingerprint density at radius 3 is 3.00 bits per heavy atom. The number of H-pyrrole nitrogens is 1. The zero-order chi connectivity index (χ0) is 17.3. The Kier molecular flexibility index (Phi) is 4.66. The molecule has 3 heterocycles. The Hall–Kier alpha value is -2.22. The highest BCUT2D eigenvalue weighted by molar-refractivity contribution is 5.96. The SMILES string of the molecule is CCn1cnnc1[C@@H]1CN(C(=O)c2c(C(C)C)n[nH]c2C)CCO1. The lowest BCUT2D eigenvalue weighted by Crippen LogP contribution is -2.43. The number of hydrogen-bond acceptors (Lipinski definition) is 5. The topological polar surface area (TPSA) is 88.9 Å². The van der Waals surface area contributed by atoms with Gasteiger partial charge in [0.15, 0.2) is 5.82 Å². The van der Waals surface area contributed by atoms with E-state index in [4.69, 9.17) is 4.74 Å². The molecule has 1 fully saturated rings. The second kappa shape index (κ2) is 6.72. The van der Waals surface area contributed by atoms with Crippen LogP contribution in [0.1, 0.15) is 60.4 Å². The monoisotopic (exact) mass is 332 g/mol. The van der Waals surface area contributed by atoms with Gasteiger partial charge in [-0.25, -0.2) is 0 Å². The number of nitrogens with zero attached hydrogens (tertiary/aromatic N) is 5. The molecule has 1 saturated heterocycles. The van der Waals surface area contributed by atoms with E-state index in [1.807, 2.05) is 37.2 Å². The molecule has 0 aromatic carbocycles. The summed E-state index contributed by atoms with van der Waals surface area (Å²) in [7, 11) is 0. The summed E-state index contributed by atoms with van der Waals surface area (Å²) in [6.45, 7) is 10.3. The van der Waals surface area contributed by atoms with E-state index >= 15 is 0 Å². The number of hydrogen-bond donors (Lipinski definition) is 1. The van der Waals surface area contributed by atoms with Gasteiger partial charge in [-0.15, -0.1) is 10.2 Å². The van der Waals surface area contributed by atoms with Crippen molar-refractivity contribution in [2.45, 2.75) is 46.3 Å². The van der Waals surface area contributed by atoms with Crippen molar-refractivity contribution in [3.05, 3.63) is 29.1 Å². The molecule has 24 heavy (non-hydrogen) atoms. The Labute approximate surface area is 141 Å². The molecule has 130 valence electrons. The van der Waals surface area contributed by atoms with Crippen LogP contribution in [0.2, 0.25) is 0 Å². The summed E-state index contributed by atoms with van der Waals surface area (Å²) in [5.74, 6) is 0.956. The minimum absolute atomic E-state index is 0.000753. The first-order valence-corrected chi connectivity index (χ1v) is 8.36. The molecule has 1 aliphatic rings. The number of ether oxygens (including phenoxy) is 1. The fourth-order valence-corrected chi connectivity index (χ4v) is 3.04. The predicted molar refractivity (Wildman–Crippen MR) is 87.7 cm³/mol. The number of aryl methyl sites for hydroxylation is 2. The summed E-state index contributed by atoms with van der Waals surface area (Å²) in [5.41, 5.74) is 2.31. The van der Waals surface area contributed by atoms with Crippen LogP contribution in [0.5, 0.6) is 0 Å². The van der Waals surface area contributed by atoms with Gasteiger partial charge in [-0.05, 0) is 19.8 Å². The van der Waals surface area contributed by atoms with E-state index in [9.17, 15) is 4.79 Å². The maximum atomic E-state index is 13.0. The molecule has 2 aromatic heterocycles. The van der Waals surface area contributed by atoms with Gasteiger partial charge in [0.1, 0.15) is 12.4 Å². The highest BCUT2D eigenvalue weighted by atomic mass is 16.5. The van der Waals surface area contributed by atoms with Crippen molar-refractivity contribution in [3.63, 3.8) is 0 Å². The second-order valence-corrected chi connectivity index (χ2v) is 6.35. The Morgan fingerprint density at radius 1 is 1.50 bits per heavy atom. The fraction of sp³-hybridized carbons (Fsp3) is 0.625. The summed E-state index contributed by atoms with van der Waals surface area (Å²) in [6, 6.07) is 0. The normalized spacial score (nSPS) is 18.4. The lowest BCUT2D eigenvalue weighted by Gasteiger charge is -2.32. The van der Waals surface area contributed by atoms with Crippen molar-refractivity contribution >= 4 is 5.91 Å². The Balaban J connectivity index is 1.83. The molecule has 0 aliphatic carbocycles. The molecule has 0 saturated carbocycles. The number of rotatable bonds is 4. The molecule has 1 N–H and O–H groups in total. The van der Waals surface area contributed by atoms with Gasteiger partial charge in [0.05, 0.1) is 24.4 Å². The first kappa shape index (κ1) is 16.6. The molecule has 1 amide bonds. The van der Waals surface area contributed by atoms with Crippen molar-refractivity contribution in [3.8, 4) is 0 Å². The maximum absolute atomic E-state index is 13.0. The number of carbonyl (C=O) groups is 1. The summed E-state index contributed by atoms with van der Waals surface area (Å²) in [4.78, 5) is 14.9. The standard InChI is InChI=1S/C16H24N6O2/c1-5-21-9-17-20-15(21)12-8-22(6-7-24-12)16(23)13-11(4)18-19-14(13)10(2)3/h9-10,12H,5-8H2,1-4H3,(H,18,19)/t12-/m0/s1. The smallest absolute Gasteiger partial charge is 0.257 e. The van der Waals surface area contributed by atoms with E-state index < -0.39 is 0 Å². The third-order valence-corrected chi connectivity index (χ3v) is 4.36. The second-order valence-electron chi connectivity index (χ2n) is 6.35. The van der Waals surface area contributed by atoms with E-state index in [0.29, 0.717) is 25.3 Å². The van der Waals surface area contributed by atoms with E-state index in [1.165, 1.54) is 0 Å². The highest BCUT2D eigenvalue weighted by Gasteiger charge is 2.31. The molecule has 0 bridgehead atoms. The average Bonchev–Trinajstić information content (AvgIpc) is 3.20. The summed E-state index contributed by atoms with van der Waals surface area (Å²) >= 11 is 0. The number of nitrogens with one attached hydrogen (secondary N) is 1. The van der Waals surface area contributed by atoms with E-state index in [2.05, 4.69) is 20.4 Å². The zero-order valence-corrected chi connectivity index (χ0v) is 14.6. The molecule has 0 unspecified atom stereocenters. The summed E-state index contributed by atoms with van der Waals surface area (Å²) in [5, 5.41) is 15.4. The van der Waals surface area contributed by atoms with Gasteiger partial charge in [0.2, 0.25) is 0 Å². The predicted octanol–water partition coefficient (Wildman–Crippen LogP) is 1.67. The Bertz CT molecular complexity index is 720. The number of carbonyl (C=O) groups excluding carboxylic acids is 1. The minimum Gasteiger partial charge on any atom is -0.366 e. The van der Waals surface area contributed by atoms with Gasteiger partial charge < -0.3 is 14.2 Å². The molecule has 1 aliphatic heterocycles. The van der Waals surface area contributed by atoms with E-state index in [1.54, 1.807) is 6.33 Å². The molecular weight excluding hydrogens is 308 g/mol.